The summed E-state index contributed by atoms with van der Waals surface area (Å²) >= 11 is 0. The van der Waals surface area contributed by atoms with Crippen molar-refractivity contribution in [2.24, 2.45) is 5.73 Å². The molecule has 4 nitrogen and oxygen atoms in total. The van der Waals surface area contributed by atoms with Crippen molar-refractivity contribution in [3.63, 3.8) is 0 Å². The molecule has 3 N–H and O–H groups in total. The monoisotopic (exact) mass is 291 g/mol. The fraction of sp³-hybridized carbons (Fsp3) is 0.462. The Morgan fingerprint density at radius 3 is 2.32 bits per heavy atom. The molecule has 2 atom stereocenters. The van der Waals surface area contributed by atoms with Crippen LogP contribution in [0, 0.1) is 13.8 Å². The van der Waals surface area contributed by atoms with Crippen molar-refractivity contribution in [1.29, 1.82) is 0 Å². The Kier molecular flexibility index (Phi) is 6.79. The number of esters is 1. The highest BCUT2D eigenvalue weighted by molar-refractivity contribution is 5.85. The number of phenolic OH excluding ortho intramolecular Hbond substituents is 1. The smallest absolute Gasteiger partial charge is 0.342 e. The molecule has 0 aliphatic carbocycles. The van der Waals surface area contributed by atoms with Gasteiger partial charge in [-0.25, -0.2) is 9.18 Å². The van der Waals surface area contributed by atoms with Crippen molar-refractivity contribution in [2.45, 2.75) is 33.0 Å². The van der Waals surface area contributed by atoms with Gasteiger partial charge in [0.15, 0.2) is 0 Å². The molecule has 0 aliphatic heterocycles. The molecule has 0 fully saturated rings. The fourth-order valence-electron chi connectivity index (χ4n) is 1.99. The zero-order valence-electron chi connectivity index (χ0n) is 11.1. The minimum absolute atomic E-state index is 0. The van der Waals surface area contributed by atoms with E-state index in [0.29, 0.717) is 16.7 Å². The van der Waals surface area contributed by atoms with Crippen LogP contribution in [0.25, 0.3) is 0 Å². The van der Waals surface area contributed by atoms with Crippen LogP contribution in [-0.4, -0.2) is 23.9 Å². The van der Waals surface area contributed by atoms with Crippen molar-refractivity contribution in [2.75, 3.05) is 6.61 Å². The number of carbonyl (C=O) groups is 1. The molecule has 108 valence electrons. The number of aryl methyl sites for hydroxylation is 2. The van der Waals surface area contributed by atoms with E-state index in [-0.39, 0.29) is 24.8 Å². The van der Waals surface area contributed by atoms with Crippen LogP contribution < -0.4 is 5.73 Å². The van der Waals surface area contributed by atoms with E-state index in [0.717, 1.165) is 0 Å². The van der Waals surface area contributed by atoms with Crippen molar-refractivity contribution in [3.05, 3.63) is 28.8 Å². The first-order valence-corrected chi connectivity index (χ1v) is 5.74. The largest absolute Gasteiger partial charge is 0.508 e. The van der Waals surface area contributed by atoms with Gasteiger partial charge in [-0.3, -0.25) is 0 Å². The molecule has 0 saturated carbocycles. The van der Waals surface area contributed by atoms with Gasteiger partial charge < -0.3 is 15.6 Å². The molecular weight excluding hydrogens is 273 g/mol. The van der Waals surface area contributed by atoms with Crippen LogP contribution in [0.1, 0.15) is 29.7 Å². The highest BCUT2D eigenvalue weighted by Crippen LogP contribution is 2.28. The average Bonchev–Trinajstić information content (AvgIpc) is 2.26. The van der Waals surface area contributed by atoms with E-state index in [1.807, 2.05) is 0 Å². The van der Waals surface area contributed by atoms with Gasteiger partial charge >= 0.3 is 5.97 Å². The van der Waals surface area contributed by atoms with Gasteiger partial charge in [-0.2, -0.15) is 0 Å². The van der Waals surface area contributed by atoms with Crippen molar-refractivity contribution < 1.29 is 19.0 Å². The van der Waals surface area contributed by atoms with Crippen LogP contribution in [0.2, 0.25) is 0 Å². The zero-order chi connectivity index (χ0) is 13.9. The van der Waals surface area contributed by atoms with Crippen LogP contribution in [-0.2, 0) is 9.53 Å². The Morgan fingerprint density at radius 1 is 1.42 bits per heavy atom. The second kappa shape index (κ2) is 7.31. The quantitative estimate of drug-likeness (QED) is 0.835. The lowest BCUT2D eigenvalue weighted by atomic mass is 9.93. The molecule has 1 aromatic rings. The highest BCUT2D eigenvalue weighted by Gasteiger charge is 2.29. The van der Waals surface area contributed by atoms with Crippen LogP contribution in [0.5, 0.6) is 5.75 Å². The Labute approximate surface area is 118 Å². The molecule has 19 heavy (non-hydrogen) atoms. The molecule has 1 unspecified atom stereocenters. The number of ether oxygens (including phenoxy) is 1. The predicted octanol–water partition coefficient (Wildman–Crippen LogP) is 2.33. The lowest BCUT2D eigenvalue weighted by molar-refractivity contribution is -0.149. The summed E-state index contributed by atoms with van der Waals surface area (Å²) in [6.45, 7) is 5.13. The molecule has 0 spiro atoms. The Hall–Kier alpha value is -1.33. The normalized spacial score (nSPS) is 13.3. The van der Waals surface area contributed by atoms with Gasteiger partial charge in [0.1, 0.15) is 5.75 Å². The summed E-state index contributed by atoms with van der Waals surface area (Å²) < 4.78 is 18.5. The summed E-state index contributed by atoms with van der Waals surface area (Å²) in [4.78, 5) is 11.3. The number of halogens is 2. The number of rotatable bonds is 4. The van der Waals surface area contributed by atoms with Gasteiger partial charge in [-0.15, -0.1) is 12.4 Å². The minimum Gasteiger partial charge on any atom is -0.508 e. The third-order valence-corrected chi connectivity index (χ3v) is 2.74. The molecule has 0 aromatic heterocycles. The number of aromatic hydroxyl groups is 1. The number of hydrogen-bond acceptors (Lipinski definition) is 4. The molecule has 0 heterocycles. The first-order chi connectivity index (χ1) is 8.38. The standard InChI is InChI=1S/C13H18FNO3.ClH/c1-4-18-13(17)11(14)12(15)10-7(2)5-9(16)6-8(10)3;/h5-6,11-12,16H,4,15H2,1-3H3;1H/t11?,12-;/m1./s1. The lowest BCUT2D eigenvalue weighted by Gasteiger charge is -2.20. The van der Waals surface area contributed by atoms with Gasteiger partial charge in [0, 0.05) is 0 Å². The first-order valence-electron chi connectivity index (χ1n) is 5.74. The summed E-state index contributed by atoms with van der Waals surface area (Å²) in [7, 11) is 0. The Morgan fingerprint density at radius 2 is 1.89 bits per heavy atom. The number of nitrogens with two attached hydrogens (primary N) is 1. The number of alkyl halides is 1. The van der Waals surface area contributed by atoms with E-state index >= 15 is 0 Å². The summed E-state index contributed by atoms with van der Waals surface area (Å²) in [5, 5.41) is 9.41. The van der Waals surface area contributed by atoms with E-state index in [4.69, 9.17) is 5.73 Å². The SMILES string of the molecule is CCOC(=O)C(F)[C@H](N)c1c(C)cc(O)cc1C.Cl. The Bertz CT molecular complexity index is 431. The zero-order valence-corrected chi connectivity index (χ0v) is 12.0. The van der Waals surface area contributed by atoms with Crippen molar-refractivity contribution >= 4 is 18.4 Å². The van der Waals surface area contributed by atoms with Gasteiger partial charge in [-0.05, 0) is 49.6 Å². The van der Waals surface area contributed by atoms with E-state index < -0.39 is 18.2 Å². The first kappa shape index (κ1) is 17.7. The number of phenols is 1. The topological polar surface area (TPSA) is 72.5 Å². The summed E-state index contributed by atoms with van der Waals surface area (Å²) in [5.74, 6) is -0.871. The predicted molar refractivity (Wildman–Crippen MR) is 73.3 cm³/mol. The molecule has 1 rings (SSSR count). The molecule has 1 aromatic carbocycles. The second-order valence-electron chi connectivity index (χ2n) is 4.17. The van der Waals surface area contributed by atoms with E-state index in [9.17, 15) is 14.3 Å². The molecule has 6 heteroatoms. The van der Waals surface area contributed by atoms with E-state index in [1.54, 1.807) is 20.8 Å². The number of benzene rings is 1. The Balaban J connectivity index is 0.00000324. The summed E-state index contributed by atoms with van der Waals surface area (Å²) in [5.41, 5.74) is 7.58. The van der Waals surface area contributed by atoms with Crippen molar-refractivity contribution in [3.8, 4) is 5.75 Å². The molecular formula is C13H19ClFNO3. The van der Waals surface area contributed by atoms with Crippen LogP contribution in [0.3, 0.4) is 0 Å². The van der Waals surface area contributed by atoms with Crippen LogP contribution in [0.4, 0.5) is 4.39 Å². The van der Waals surface area contributed by atoms with E-state index in [2.05, 4.69) is 4.74 Å². The minimum atomic E-state index is -1.91. The van der Waals surface area contributed by atoms with Gasteiger partial charge in [0.2, 0.25) is 6.17 Å². The maximum Gasteiger partial charge on any atom is 0.342 e. The molecule has 0 radical (unpaired) electrons. The number of hydrogen-bond donors (Lipinski definition) is 2. The maximum atomic E-state index is 13.9. The van der Waals surface area contributed by atoms with Crippen LogP contribution in [0.15, 0.2) is 12.1 Å². The highest BCUT2D eigenvalue weighted by atomic mass is 35.5. The number of carbonyl (C=O) groups excluding carboxylic acids is 1. The van der Waals surface area contributed by atoms with E-state index in [1.165, 1.54) is 12.1 Å². The average molecular weight is 292 g/mol. The molecule has 0 bridgehead atoms. The third kappa shape index (κ3) is 4.08. The maximum absolute atomic E-state index is 13.9. The van der Waals surface area contributed by atoms with Gasteiger partial charge in [-0.1, -0.05) is 0 Å². The summed E-state index contributed by atoms with van der Waals surface area (Å²) in [6, 6.07) is 1.88. The third-order valence-electron chi connectivity index (χ3n) is 2.74. The molecule has 0 amide bonds. The van der Waals surface area contributed by atoms with Crippen molar-refractivity contribution in [1.82, 2.24) is 0 Å². The molecule has 0 saturated heterocycles. The lowest BCUT2D eigenvalue weighted by Crippen LogP contribution is -2.32. The van der Waals surface area contributed by atoms with Gasteiger partial charge in [0.25, 0.3) is 0 Å². The van der Waals surface area contributed by atoms with Gasteiger partial charge in [0.05, 0.1) is 12.6 Å². The second-order valence-corrected chi connectivity index (χ2v) is 4.17. The molecule has 0 aliphatic rings. The summed E-state index contributed by atoms with van der Waals surface area (Å²) in [6.07, 6.45) is -1.91. The van der Waals surface area contributed by atoms with Crippen LogP contribution >= 0.6 is 12.4 Å². The fourth-order valence-corrected chi connectivity index (χ4v) is 1.99.